The molecule has 2 aromatic rings. The van der Waals surface area contributed by atoms with Gasteiger partial charge in [-0.15, -0.1) is 0 Å². The van der Waals surface area contributed by atoms with Gasteiger partial charge in [0.15, 0.2) is 0 Å². The number of carbonyl (C=O) groups is 1. The molecular weight excluding hydrogens is 288 g/mol. The summed E-state index contributed by atoms with van der Waals surface area (Å²) in [6, 6.07) is 7.57. The molecule has 0 bridgehead atoms. The lowest BCUT2D eigenvalue weighted by Crippen LogP contribution is -2.13. The van der Waals surface area contributed by atoms with Gasteiger partial charge in [0.2, 0.25) is 0 Å². The molecule has 4 nitrogen and oxygen atoms in total. The summed E-state index contributed by atoms with van der Waals surface area (Å²) < 4.78 is 25.6. The first-order chi connectivity index (χ1) is 10.6. The number of anilines is 1. The van der Waals surface area contributed by atoms with Crippen LogP contribution in [0.15, 0.2) is 36.7 Å². The van der Waals surface area contributed by atoms with Crippen molar-refractivity contribution in [3.05, 3.63) is 47.8 Å². The Kier molecular flexibility index (Phi) is 4.18. The van der Waals surface area contributed by atoms with Crippen LogP contribution in [-0.4, -0.2) is 22.1 Å². The fourth-order valence-electron chi connectivity index (χ4n) is 2.52. The first-order valence-corrected chi connectivity index (χ1v) is 7.34. The summed E-state index contributed by atoms with van der Waals surface area (Å²) in [5.74, 6) is 0.362. The van der Waals surface area contributed by atoms with E-state index in [1.807, 2.05) is 12.1 Å². The Bertz CT molecular complexity index is 648. The van der Waals surface area contributed by atoms with Crippen molar-refractivity contribution >= 4 is 11.6 Å². The van der Waals surface area contributed by atoms with Crippen molar-refractivity contribution in [1.82, 2.24) is 9.78 Å². The van der Waals surface area contributed by atoms with Gasteiger partial charge < -0.3 is 5.32 Å². The third-order valence-electron chi connectivity index (χ3n) is 3.97. The van der Waals surface area contributed by atoms with E-state index in [0.29, 0.717) is 17.2 Å². The van der Waals surface area contributed by atoms with Gasteiger partial charge in [-0.05, 0) is 36.5 Å². The zero-order valence-corrected chi connectivity index (χ0v) is 12.0. The van der Waals surface area contributed by atoms with Crippen molar-refractivity contribution in [2.24, 2.45) is 0 Å². The third kappa shape index (κ3) is 3.32. The predicted octanol–water partition coefficient (Wildman–Crippen LogP) is 3.67. The molecule has 3 rings (SSSR count). The molecule has 116 valence electrons. The monoisotopic (exact) mass is 305 g/mol. The lowest BCUT2D eigenvalue weighted by Gasteiger charge is -2.25. The molecule has 0 atom stereocenters. The quantitative estimate of drug-likeness (QED) is 0.916. The number of amides is 1. The van der Waals surface area contributed by atoms with Crippen molar-refractivity contribution < 1.29 is 13.6 Å². The van der Waals surface area contributed by atoms with Crippen LogP contribution in [-0.2, 0) is 6.54 Å². The van der Waals surface area contributed by atoms with Crippen molar-refractivity contribution in [3.8, 4) is 0 Å². The van der Waals surface area contributed by atoms with Crippen LogP contribution in [0.2, 0.25) is 0 Å². The smallest absolute Gasteiger partial charge is 0.257 e. The summed E-state index contributed by atoms with van der Waals surface area (Å²) in [7, 11) is 0. The van der Waals surface area contributed by atoms with E-state index in [9.17, 15) is 13.6 Å². The van der Waals surface area contributed by atoms with Gasteiger partial charge in [-0.1, -0.05) is 18.6 Å². The number of nitrogens with zero attached hydrogens (tertiary/aromatic N) is 2. The molecule has 0 spiro atoms. The standard InChI is InChI=1S/C16H17F2N3O/c17-15(18)10-21-9-14(8-19-21)20-16(22)13-6-4-12(5-7-13)11-2-1-3-11/h4-9,11,15H,1-3,10H2,(H,20,22). The molecule has 1 aliphatic carbocycles. The van der Waals surface area contributed by atoms with Crippen molar-refractivity contribution in [2.45, 2.75) is 38.2 Å². The highest BCUT2D eigenvalue weighted by atomic mass is 19.3. The number of rotatable bonds is 5. The molecule has 1 aliphatic rings. The number of benzene rings is 1. The van der Waals surface area contributed by atoms with Crippen LogP contribution in [0, 0.1) is 0 Å². The number of halogens is 2. The molecule has 1 amide bonds. The Morgan fingerprint density at radius 2 is 2.05 bits per heavy atom. The normalized spacial score (nSPS) is 14.9. The molecule has 0 unspecified atom stereocenters. The van der Waals surface area contributed by atoms with Crippen LogP contribution in [0.1, 0.15) is 41.1 Å². The van der Waals surface area contributed by atoms with E-state index in [2.05, 4.69) is 10.4 Å². The second-order valence-corrected chi connectivity index (χ2v) is 5.55. The third-order valence-corrected chi connectivity index (χ3v) is 3.97. The Labute approximate surface area is 127 Å². The Morgan fingerprint density at radius 1 is 1.32 bits per heavy atom. The largest absolute Gasteiger partial charge is 0.319 e. The highest BCUT2D eigenvalue weighted by Gasteiger charge is 2.19. The summed E-state index contributed by atoms with van der Waals surface area (Å²) in [6.07, 6.45) is 4.00. The molecule has 0 aliphatic heterocycles. The number of carbonyl (C=O) groups excluding carboxylic acids is 1. The van der Waals surface area contributed by atoms with Gasteiger partial charge in [-0.25, -0.2) is 8.78 Å². The van der Waals surface area contributed by atoms with Crippen molar-refractivity contribution in [3.63, 3.8) is 0 Å². The van der Waals surface area contributed by atoms with Gasteiger partial charge in [-0.2, -0.15) is 5.10 Å². The van der Waals surface area contributed by atoms with Gasteiger partial charge in [0.25, 0.3) is 12.3 Å². The summed E-state index contributed by atoms with van der Waals surface area (Å²) >= 11 is 0. The van der Waals surface area contributed by atoms with E-state index in [-0.39, 0.29) is 5.91 Å². The molecule has 1 heterocycles. The highest BCUT2D eigenvalue weighted by molar-refractivity contribution is 6.04. The number of hydrogen-bond donors (Lipinski definition) is 1. The lowest BCUT2D eigenvalue weighted by molar-refractivity contribution is 0.102. The molecular formula is C16H17F2N3O. The van der Waals surface area contributed by atoms with E-state index in [1.54, 1.807) is 12.1 Å². The van der Waals surface area contributed by atoms with Crippen LogP contribution in [0.3, 0.4) is 0 Å². The Balaban J connectivity index is 1.62. The number of hydrogen-bond acceptors (Lipinski definition) is 2. The Morgan fingerprint density at radius 3 is 2.64 bits per heavy atom. The Hall–Kier alpha value is -2.24. The minimum atomic E-state index is -2.47. The summed E-state index contributed by atoms with van der Waals surface area (Å²) in [6.45, 7) is -0.480. The molecule has 1 fully saturated rings. The van der Waals surface area contributed by atoms with E-state index in [1.165, 1.54) is 37.2 Å². The SMILES string of the molecule is O=C(Nc1cnn(CC(F)F)c1)c1ccc(C2CCC2)cc1. The van der Waals surface area contributed by atoms with Crippen molar-refractivity contribution in [2.75, 3.05) is 5.32 Å². The minimum Gasteiger partial charge on any atom is -0.319 e. The lowest BCUT2D eigenvalue weighted by atomic mass is 9.80. The fourth-order valence-corrected chi connectivity index (χ4v) is 2.52. The first-order valence-electron chi connectivity index (χ1n) is 7.34. The van der Waals surface area contributed by atoms with E-state index >= 15 is 0 Å². The zero-order valence-electron chi connectivity index (χ0n) is 12.0. The van der Waals surface area contributed by atoms with Crippen LogP contribution < -0.4 is 5.32 Å². The topological polar surface area (TPSA) is 46.9 Å². The summed E-state index contributed by atoms with van der Waals surface area (Å²) in [4.78, 5) is 12.1. The summed E-state index contributed by atoms with van der Waals surface area (Å²) in [5, 5.41) is 6.44. The zero-order chi connectivity index (χ0) is 15.5. The molecule has 1 aromatic heterocycles. The molecule has 1 N–H and O–H groups in total. The van der Waals surface area contributed by atoms with Crippen LogP contribution in [0.4, 0.5) is 14.5 Å². The van der Waals surface area contributed by atoms with Crippen LogP contribution in [0.5, 0.6) is 0 Å². The first kappa shape index (κ1) is 14.7. The van der Waals surface area contributed by atoms with Gasteiger partial charge in [0, 0.05) is 11.8 Å². The minimum absolute atomic E-state index is 0.267. The molecule has 1 aromatic carbocycles. The predicted molar refractivity (Wildman–Crippen MR) is 79.2 cm³/mol. The second kappa shape index (κ2) is 6.25. The molecule has 22 heavy (non-hydrogen) atoms. The molecule has 6 heteroatoms. The number of nitrogens with one attached hydrogen (secondary N) is 1. The van der Waals surface area contributed by atoms with Crippen LogP contribution in [0.25, 0.3) is 0 Å². The van der Waals surface area contributed by atoms with E-state index < -0.39 is 13.0 Å². The number of alkyl halides is 2. The average molecular weight is 305 g/mol. The van der Waals surface area contributed by atoms with Crippen LogP contribution >= 0.6 is 0 Å². The average Bonchev–Trinajstić information content (AvgIpc) is 2.84. The molecule has 0 radical (unpaired) electrons. The molecule has 1 saturated carbocycles. The number of aromatic nitrogens is 2. The van der Waals surface area contributed by atoms with Gasteiger partial charge >= 0.3 is 0 Å². The highest BCUT2D eigenvalue weighted by Crippen LogP contribution is 2.36. The second-order valence-electron chi connectivity index (χ2n) is 5.55. The van der Waals surface area contributed by atoms with Gasteiger partial charge in [0.05, 0.1) is 11.9 Å². The maximum atomic E-state index is 12.2. The van der Waals surface area contributed by atoms with Crippen molar-refractivity contribution in [1.29, 1.82) is 0 Å². The van der Waals surface area contributed by atoms with E-state index in [4.69, 9.17) is 0 Å². The maximum Gasteiger partial charge on any atom is 0.257 e. The van der Waals surface area contributed by atoms with E-state index in [0.717, 1.165) is 4.68 Å². The van der Waals surface area contributed by atoms with Gasteiger partial charge in [0.1, 0.15) is 6.54 Å². The summed E-state index contributed by atoms with van der Waals surface area (Å²) in [5.41, 5.74) is 2.23. The van der Waals surface area contributed by atoms with Gasteiger partial charge in [-0.3, -0.25) is 9.48 Å². The maximum absolute atomic E-state index is 12.2. The fraction of sp³-hybridized carbons (Fsp3) is 0.375. The molecule has 0 saturated heterocycles.